The minimum atomic E-state index is -0.302. The zero-order valence-electron chi connectivity index (χ0n) is 32.3. The maximum Gasteiger partial charge on any atom is 0.336 e. The van der Waals surface area contributed by atoms with Crippen molar-refractivity contribution in [3.05, 3.63) is 189 Å². The molecule has 0 saturated heterocycles. The predicted octanol–water partition coefficient (Wildman–Crippen LogP) is 9.71. The van der Waals surface area contributed by atoms with Gasteiger partial charge < -0.3 is 22.7 Å². The average molecular weight is 757 g/mol. The van der Waals surface area contributed by atoms with Crippen LogP contribution in [0, 0.1) is 23.7 Å². The molecule has 0 saturated carbocycles. The first-order chi connectivity index (χ1) is 27.3. The smallest absolute Gasteiger partial charge is 0.336 e. The fourth-order valence-electron chi connectivity index (χ4n) is 6.13. The first-order valence-electron chi connectivity index (χ1n) is 18.5. The van der Waals surface area contributed by atoms with E-state index in [0.717, 1.165) is 40.0 Å². The fourth-order valence-corrected chi connectivity index (χ4v) is 6.13. The lowest BCUT2D eigenvalue weighted by atomic mass is 10.0. The van der Waals surface area contributed by atoms with Crippen LogP contribution in [0.5, 0.6) is 0 Å². The summed E-state index contributed by atoms with van der Waals surface area (Å²) in [4.78, 5) is 43.2. The predicted molar refractivity (Wildman–Crippen MR) is 222 cm³/mol. The molecule has 4 aliphatic rings. The Morgan fingerprint density at radius 2 is 0.857 bits per heavy atom. The lowest BCUT2D eigenvalue weighted by molar-refractivity contribution is -0.136. The van der Waals surface area contributed by atoms with Crippen molar-refractivity contribution in [2.75, 3.05) is 21.3 Å². The van der Waals surface area contributed by atoms with E-state index in [9.17, 15) is 19.2 Å². The maximum atomic E-state index is 11.1. The van der Waals surface area contributed by atoms with Crippen molar-refractivity contribution in [3.8, 4) is 0 Å². The van der Waals surface area contributed by atoms with Crippen LogP contribution in [-0.4, -0.2) is 27.3 Å². The second-order valence-corrected chi connectivity index (χ2v) is 12.6. The van der Waals surface area contributed by atoms with Gasteiger partial charge in [0.05, 0.1) is 7.11 Å². The van der Waals surface area contributed by atoms with E-state index >= 15 is 0 Å². The Kier molecular flexibility index (Phi) is 16.8. The third kappa shape index (κ3) is 12.6. The molecule has 3 aromatic carbocycles. The standard InChI is InChI=1S/C9H10O2.3C9H6O2.C7H8.C2H6O.C2H6/c1-11-9(10)8-5-6-2-3-7(8)4-6;3*10-9-6-5-7-3-1-2-4-8(7)11-9;1-2-7-4-3-6(1)5-7;1-3-2;1-2/h2-3,5-7H,4H2,1H3;3*1-6H;1-4,6-7H,5H2;1-2H3;1-2H3. The van der Waals surface area contributed by atoms with Gasteiger partial charge in [0.1, 0.15) is 16.7 Å². The highest BCUT2D eigenvalue weighted by atomic mass is 16.5. The molecule has 2 unspecified atom stereocenters. The van der Waals surface area contributed by atoms with Gasteiger partial charge in [0.25, 0.3) is 0 Å². The minimum Gasteiger partial charge on any atom is -0.466 e. The monoisotopic (exact) mass is 756 g/mol. The molecule has 3 heterocycles. The summed E-state index contributed by atoms with van der Waals surface area (Å²) in [5, 5.41) is 2.85. The highest BCUT2D eigenvalue weighted by molar-refractivity contribution is 5.90. The molecule has 56 heavy (non-hydrogen) atoms. The summed E-state index contributed by atoms with van der Waals surface area (Å²) in [7, 11) is 4.68. The Labute approximate surface area is 325 Å². The highest BCUT2D eigenvalue weighted by Crippen LogP contribution is 2.38. The molecular formula is C47H48O9. The van der Waals surface area contributed by atoms with E-state index in [-0.39, 0.29) is 22.8 Å². The summed E-state index contributed by atoms with van der Waals surface area (Å²) in [5.41, 5.74) is 1.86. The number of ether oxygens (including phenoxy) is 2. The van der Waals surface area contributed by atoms with Crippen molar-refractivity contribution in [3.63, 3.8) is 0 Å². The second kappa shape index (κ2) is 22.2. The molecule has 4 aliphatic carbocycles. The normalized spacial score (nSPS) is 18.2. The molecule has 0 aliphatic heterocycles. The van der Waals surface area contributed by atoms with E-state index in [1.165, 1.54) is 31.7 Å². The first-order valence-corrected chi connectivity index (χ1v) is 18.5. The quantitative estimate of drug-likeness (QED) is 0.0916. The van der Waals surface area contributed by atoms with E-state index in [1.807, 2.05) is 74.5 Å². The molecule has 9 nitrogen and oxygen atoms in total. The van der Waals surface area contributed by atoms with Gasteiger partial charge in [0.15, 0.2) is 0 Å². The third-order valence-electron chi connectivity index (χ3n) is 8.67. The topological polar surface area (TPSA) is 126 Å². The van der Waals surface area contributed by atoms with E-state index in [4.69, 9.17) is 13.3 Å². The fraction of sp³-hybridized carbons (Fsp3) is 0.234. The summed E-state index contributed by atoms with van der Waals surface area (Å²) in [6.07, 6.45) is 17.9. The first kappa shape index (κ1) is 42.4. The molecule has 2 atom stereocenters. The Bertz CT molecular complexity index is 2230. The van der Waals surface area contributed by atoms with Crippen molar-refractivity contribution in [2.24, 2.45) is 23.7 Å². The lowest BCUT2D eigenvalue weighted by Crippen LogP contribution is -2.09. The molecule has 290 valence electrons. The molecule has 0 spiro atoms. The van der Waals surface area contributed by atoms with Crippen molar-refractivity contribution in [2.45, 2.75) is 26.7 Å². The SMILES string of the molecule is C1=CC2C=CC1C2.CC.COC.COC(=O)C1=CC2C=CC1C2.O=c1ccc2ccccc2o1.O=c1ccc2ccccc2o1.O=c1ccc2ccccc2o1. The van der Waals surface area contributed by atoms with E-state index in [0.29, 0.717) is 28.6 Å². The van der Waals surface area contributed by atoms with Gasteiger partial charge in [-0.25, -0.2) is 19.2 Å². The Hall–Kier alpha value is -6.32. The van der Waals surface area contributed by atoms with Gasteiger partial charge in [-0.15, -0.1) is 0 Å². The molecule has 6 aromatic rings. The van der Waals surface area contributed by atoms with Crippen LogP contribution >= 0.6 is 0 Å². The number of carbonyl (C=O) groups excluding carboxylic acids is 1. The van der Waals surface area contributed by atoms with Crippen molar-refractivity contribution in [1.29, 1.82) is 0 Å². The number of rotatable bonds is 1. The second-order valence-electron chi connectivity index (χ2n) is 12.6. The summed E-state index contributed by atoms with van der Waals surface area (Å²) in [5.74, 6) is 2.29. The molecule has 9 heteroatoms. The van der Waals surface area contributed by atoms with Crippen LogP contribution in [0.15, 0.2) is 185 Å². The molecule has 3 aromatic heterocycles. The number of hydrogen-bond donors (Lipinski definition) is 0. The molecule has 0 radical (unpaired) electrons. The summed E-state index contributed by atoms with van der Waals surface area (Å²) < 4.78 is 23.6. The van der Waals surface area contributed by atoms with Gasteiger partial charge in [-0.2, -0.15) is 0 Å². The molecule has 10 rings (SSSR count). The van der Waals surface area contributed by atoms with E-state index in [1.54, 1.807) is 50.6 Å². The van der Waals surface area contributed by atoms with Crippen LogP contribution in [0.2, 0.25) is 0 Å². The molecular weight excluding hydrogens is 709 g/mol. The average Bonchev–Trinajstić information content (AvgIpc) is 4.08. The molecule has 4 bridgehead atoms. The van der Waals surface area contributed by atoms with Gasteiger partial charge >= 0.3 is 22.8 Å². The van der Waals surface area contributed by atoms with Crippen molar-refractivity contribution < 1.29 is 27.5 Å². The summed E-state index contributed by atoms with van der Waals surface area (Å²) in [6.45, 7) is 4.00. The van der Waals surface area contributed by atoms with Gasteiger partial charge in [0, 0.05) is 60.1 Å². The third-order valence-corrected chi connectivity index (χ3v) is 8.67. The number of carbonyl (C=O) groups is 1. The molecule has 0 fully saturated rings. The van der Waals surface area contributed by atoms with Crippen molar-refractivity contribution in [1.82, 2.24) is 0 Å². The maximum absolute atomic E-state index is 11.1. The number of hydrogen-bond acceptors (Lipinski definition) is 9. The Balaban J connectivity index is 0.000000152. The van der Waals surface area contributed by atoms with Gasteiger partial charge in [-0.05, 0) is 67.0 Å². The van der Waals surface area contributed by atoms with Crippen LogP contribution < -0.4 is 16.9 Å². The largest absolute Gasteiger partial charge is 0.466 e. The van der Waals surface area contributed by atoms with E-state index < -0.39 is 0 Å². The van der Waals surface area contributed by atoms with Crippen molar-refractivity contribution >= 4 is 38.9 Å². The number of fused-ring (bicyclic) bond motifs is 7. The van der Waals surface area contributed by atoms with E-state index in [2.05, 4.69) is 45.9 Å². The molecule has 0 amide bonds. The minimum absolute atomic E-state index is 0.165. The summed E-state index contributed by atoms with van der Waals surface area (Å²) in [6, 6.07) is 31.8. The van der Waals surface area contributed by atoms with Crippen LogP contribution in [0.1, 0.15) is 26.7 Å². The Morgan fingerprint density at radius 3 is 1.14 bits per heavy atom. The van der Waals surface area contributed by atoms with Crippen LogP contribution in [-0.2, 0) is 14.3 Å². The van der Waals surface area contributed by atoms with Gasteiger partial charge in [0.2, 0.25) is 0 Å². The van der Waals surface area contributed by atoms with Crippen LogP contribution in [0.25, 0.3) is 32.9 Å². The van der Waals surface area contributed by atoms with Gasteiger partial charge in [-0.1, -0.05) is 111 Å². The van der Waals surface area contributed by atoms with Gasteiger partial charge in [-0.3, -0.25) is 0 Å². The highest BCUT2D eigenvalue weighted by Gasteiger charge is 2.32. The lowest BCUT2D eigenvalue weighted by Gasteiger charge is -2.05. The number of para-hydroxylation sites is 3. The number of methoxy groups -OCH3 is 2. The zero-order chi connectivity index (χ0) is 40.3. The molecule has 0 N–H and O–H groups in total. The number of esters is 1. The number of benzene rings is 3. The van der Waals surface area contributed by atoms with Crippen LogP contribution in [0.4, 0.5) is 0 Å². The summed E-state index contributed by atoms with van der Waals surface area (Å²) >= 11 is 0. The van der Waals surface area contributed by atoms with Crippen LogP contribution in [0.3, 0.4) is 0 Å². The zero-order valence-corrected chi connectivity index (χ0v) is 32.3. The Morgan fingerprint density at radius 1 is 0.500 bits per heavy atom. The number of allylic oxidation sites excluding steroid dienone is 7.